The van der Waals surface area contributed by atoms with Gasteiger partial charge in [0.25, 0.3) is 0 Å². The van der Waals surface area contributed by atoms with Crippen LogP contribution in [-0.2, 0) is 28.3 Å². The topological polar surface area (TPSA) is 62.9 Å². The molecule has 1 N–H and O–H groups in total. The molecule has 1 fully saturated rings. The third kappa shape index (κ3) is 5.17. The summed E-state index contributed by atoms with van der Waals surface area (Å²) in [4.78, 5) is 15.1. The molecule has 5 heteroatoms. The average molecular weight is 398 g/mol. The second-order valence-electron chi connectivity index (χ2n) is 7.90. The fourth-order valence-electron chi connectivity index (χ4n) is 4.12. The van der Waals surface area contributed by atoms with Crippen LogP contribution in [-0.4, -0.2) is 29.6 Å². The molecule has 0 radical (unpaired) electrons. The molecular weight excluding hydrogens is 366 g/mol. The molecule has 1 aliphatic carbocycles. The Balaban J connectivity index is 1.69. The molecule has 0 amide bonds. The normalized spacial score (nSPS) is 17.1. The number of aliphatic hydroxyl groups is 1. The number of carbonyl (C=O) groups is 1. The molecule has 3 rings (SSSR count). The van der Waals surface area contributed by atoms with Crippen LogP contribution in [0.15, 0.2) is 59.5 Å². The van der Waals surface area contributed by atoms with Crippen LogP contribution in [0.25, 0.3) is 0 Å². The summed E-state index contributed by atoms with van der Waals surface area (Å²) in [5, 5.41) is 11.5. The minimum absolute atomic E-state index is 0.00582. The minimum atomic E-state index is -1.62. The molecule has 1 aromatic carbocycles. The van der Waals surface area contributed by atoms with E-state index in [9.17, 15) is 9.90 Å². The van der Waals surface area contributed by atoms with Crippen LogP contribution in [0.3, 0.4) is 0 Å². The van der Waals surface area contributed by atoms with E-state index in [1.54, 1.807) is 12.1 Å². The van der Waals surface area contributed by atoms with Gasteiger partial charge in [-0.05, 0) is 37.6 Å². The van der Waals surface area contributed by atoms with Gasteiger partial charge in [0.2, 0.25) is 0 Å². The summed E-state index contributed by atoms with van der Waals surface area (Å²) >= 11 is 0. The lowest BCUT2D eigenvalue weighted by atomic mass is 9.73. The first-order valence-electron chi connectivity index (χ1n) is 10.4. The molecule has 1 heterocycles. The smallest absolute Gasteiger partial charge is 0.343 e. The van der Waals surface area contributed by atoms with Gasteiger partial charge in [-0.15, -0.1) is 6.58 Å². The van der Waals surface area contributed by atoms with E-state index < -0.39 is 11.6 Å². The fourth-order valence-corrected chi connectivity index (χ4v) is 4.12. The fraction of sp³-hybridized carbons (Fsp3) is 0.458. The van der Waals surface area contributed by atoms with E-state index in [-0.39, 0.29) is 12.5 Å². The maximum absolute atomic E-state index is 13.1. The lowest BCUT2D eigenvalue weighted by molar-refractivity contribution is -0.177. The van der Waals surface area contributed by atoms with Crippen molar-refractivity contribution in [2.45, 2.75) is 50.9 Å². The van der Waals surface area contributed by atoms with Crippen LogP contribution in [0.5, 0.6) is 0 Å². The Bertz CT molecular complexity index is 794. The van der Waals surface area contributed by atoms with E-state index in [4.69, 9.17) is 9.15 Å². The summed E-state index contributed by atoms with van der Waals surface area (Å²) in [6, 6.07) is 12.9. The third-order valence-corrected chi connectivity index (χ3v) is 5.65. The van der Waals surface area contributed by atoms with E-state index in [1.165, 1.54) is 0 Å². The number of benzene rings is 1. The predicted molar refractivity (Wildman–Crippen MR) is 112 cm³/mol. The number of carbonyl (C=O) groups excluding carboxylic acids is 1. The predicted octanol–water partition coefficient (Wildman–Crippen LogP) is 4.41. The van der Waals surface area contributed by atoms with Gasteiger partial charge in [-0.2, -0.15) is 0 Å². The van der Waals surface area contributed by atoms with E-state index in [0.717, 1.165) is 44.4 Å². The zero-order valence-electron chi connectivity index (χ0n) is 17.2. The van der Waals surface area contributed by atoms with Crippen LogP contribution < -0.4 is 0 Å². The van der Waals surface area contributed by atoms with Gasteiger partial charge in [0.1, 0.15) is 18.1 Å². The highest BCUT2D eigenvalue weighted by Crippen LogP contribution is 2.40. The van der Waals surface area contributed by atoms with Crippen molar-refractivity contribution in [3.8, 4) is 0 Å². The van der Waals surface area contributed by atoms with Crippen molar-refractivity contribution in [2.24, 2.45) is 5.92 Å². The Hall–Kier alpha value is -2.37. The van der Waals surface area contributed by atoms with Gasteiger partial charge in [0.05, 0.1) is 6.54 Å². The highest BCUT2D eigenvalue weighted by molar-refractivity contribution is 5.81. The van der Waals surface area contributed by atoms with E-state index in [2.05, 4.69) is 11.5 Å². The summed E-state index contributed by atoms with van der Waals surface area (Å²) in [5.41, 5.74) is -1.02. The number of nitrogens with zero attached hydrogens (tertiary/aromatic N) is 1. The summed E-state index contributed by atoms with van der Waals surface area (Å²) in [5.74, 6) is 0.633. The number of ether oxygens (including phenoxy) is 1. The molecule has 5 nitrogen and oxygen atoms in total. The Labute approximate surface area is 173 Å². The van der Waals surface area contributed by atoms with Gasteiger partial charge in [-0.25, -0.2) is 4.79 Å². The van der Waals surface area contributed by atoms with Gasteiger partial charge < -0.3 is 14.3 Å². The number of rotatable bonds is 9. The molecule has 1 aliphatic rings. The first kappa shape index (κ1) is 21.3. The van der Waals surface area contributed by atoms with E-state index in [1.807, 2.05) is 43.5 Å². The van der Waals surface area contributed by atoms with Crippen molar-refractivity contribution in [3.05, 3.63) is 72.2 Å². The molecule has 1 atom stereocenters. The SMILES string of the molecule is C=CCN(C)Cc1ccc(COC(=O)C(O)(c2ccccc2)C2CCCCC2)o1. The van der Waals surface area contributed by atoms with Crippen molar-refractivity contribution >= 4 is 5.97 Å². The van der Waals surface area contributed by atoms with Gasteiger partial charge >= 0.3 is 5.97 Å². The lowest BCUT2D eigenvalue weighted by Crippen LogP contribution is -2.45. The number of hydrogen-bond donors (Lipinski definition) is 1. The number of esters is 1. The van der Waals surface area contributed by atoms with Crippen molar-refractivity contribution in [1.82, 2.24) is 4.90 Å². The highest BCUT2D eigenvalue weighted by atomic mass is 16.6. The second kappa shape index (κ2) is 9.90. The second-order valence-corrected chi connectivity index (χ2v) is 7.90. The monoisotopic (exact) mass is 397 g/mol. The quantitative estimate of drug-likeness (QED) is 0.502. The zero-order valence-corrected chi connectivity index (χ0v) is 17.2. The van der Waals surface area contributed by atoms with Gasteiger partial charge in [0, 0.05) is 12.5 Å². The molecule has 0 aliphatic heterocycles. The number of likely N-dealkylation sites (N-methyl/N-ethyl adjacent to an activating group) is 1. The molecule has 0 saturated heterocycles. The summed E-state index contributed by atoms with van der Waals surface area (Å²) in [6.07, 6.45) is 6.66. The molecular formula is C24H31NO4. The van der Waals surface area contributed by atoms with Crippen LogP contribution >= 0.6 is 0 Å². The number of hydrogen-bond acceptors (Lipinski definition) is 5. The van der Waals surface area contributed by atoms with E-state index >= 15 is 0 Å². The third-order valence-electron chi connectivity index (χ3n) is 5.65. The van der Waals surface area contributed by atoms with Crippen molar-refractivity contribution in [3.63, 3.8) is 0 Å². The van der Waals surface area contributed by atoms with Gasteiger partial charge in [-0.1, -0.05) is 55.7 Å². The Morgan fingerprint density at radius 3 is 2.59 bits per heavy atom. The molecule has 1 saturated carbocycles. The zero-order chi connectivity index (χ0) is 20.7. The maximum Gasteiger partial charge on any atom is 0.343 e. The highest BCUT2D eigenvalue weighted by Gasteiger charge is 2.47. The molecule has 29 heavy (non-hydrogen) atoms. The molecule has 0 spiro atoms. The molecule has 156 valence electrons. The van der Waals surface area contributed by atoms with E-state index in [0.29, 0.717) is 17.9 Å². The average Bonchev–Trinajstić information content (AvgIpc) is 3.20. The summed E-state index contributed by atoms with van der Waals surface area (Å²) < 4.78 is 11.3. The molecule has 0 bridgehead atoms. The van der Waals surface area contributed by atoms with Gasteiger partial charge in [0.15, 0.2) is 5.60 Å². The first-order valence-corrected chi connectivity index (χ1v) is 10.4. The Morgan fingerprint density at radius 1 is 1.21 bits per heavy atom. The van der Waals surface area contributed by atoms with Crippen molar-refractivity contribution in [1.29, 1.82) is 0 Å². The number of furan rings is 1. The Kier molecular flexibility index (Phi) is 7.29. The summed E-state index contributed by atoms with van der Waals surface area (Å²) in [6.45, 7) is 5.14. The molecule has 2 aromatic rings. The largest absolute Gasteiger partial charge is 0.461 e. The van der Waals surface area contributed by atoms with Crippen LogP contribution in [0.1, 0.15) is 49.2 Å². The minimum Gasteiger partial charge on any atom is -0.461 e. The van der Waals surface area contributed by atoms with Crippen LogP contribution in [0, 0.1) is 5.92 Å². The van der Waals surface area contributed by atoms with Crippen molar-refractivity contribution in [2.75, 3.05) is 13.6 Å². The Morgan fingerprint density at radius 2 is 1.90 bits per heavy atom. The van der Waals surface area contributed by atoms with Crippen molar-refractivity contribution < 1.29 is 19.1 Å². The first-order chi connectivity index (χ1) is 14.0. The van der Waals surface area contributed by atoms with Crippen LogP contribution in [0.2, 0.25) is 0 Å². The molecule has 1 aromatic heterocycles. The van der Waals surface area contributed by atoms with Gasteiger partial charge in [-0.3, -0.25) is 4.90 Å². The summed E-state index contributed by atoms with van der Waals surface area (Å²) in [7, 11) is 1.98. The maximum atomic E-state index is 13.1. The lowest BCUT2D eigenvalue weighted by Gasteiger charge is -2.36. The standard InChI is InChI=1S/C24H31NO4/c1-3-16-25(2)17-21-14-15-22(29-21)18-28-23(26)24(27,19-10-6-4-7-11-19)20-12-8-5-9-13-20/h3-4,6-7,10-11,14-15,20,27H,1,5,8-9,12-13,16-18H2,2H3. The molecule has 1 unspecified atom stereocenters. The van der Waals surface area contributed by atoms with Crippen LogP contribution in [0.4, 0.5) is 0 Å².